The molecule has 0 aliphatic carbocycles. The maximum atomic E-state index is 11.2. The minimum Gasteiger partial charge on any atom is -0.387 e. The lowest BCUT2D eigenvalue weighted by Gasteiger charge is -2.20. The Morgan fingerprint density at radius 1 is 1.39 bits per heavy atom. The average Bonchev–Trinajstić information content (AvgIpc) is 2.27. The van der Waals surface area contributed by atoms with Crippen molar-refractivity contribution in [3.8, 4) is 0 Å². The molecule has 1 aromatic rings. The summed E-state index contributed by atoms with van der Waals surface area (Å²) in [6.07, 6.45) is -0.554. The van der Waals surface area contributed by atoms with Crippen LogP contribution in [0.3, 0.4) is 0 Å². The Hall–Kier alpha value is -0.550. The summed E-state index contributed by atoms with van der Waals surface area (Å²) in [5, 5.41) is 9.79. The van der Waals surface area contributed by atoms with Crippen molar-refractivity contribution in [2.24, 2.45) is 0 Å². The molecule has 0 fully saturated rings. The third-order valence-electron chi connectivity index (χ3n) is 2.41. The van der Waals surface area contributed by atoms with E-state index in [9.17, 15) is 14.2 Å². The van der Waals surface area contributed by atoms with Gasteiger partial charge in [0.2, 0.25) is 0 Å². The molecule has 0 amide bonds. The van der Waals surface area contributed by atoms with Crippen molar-refractivity contribution in [1.29, 1.82) is 0 Å². The van der Waals surface area contributed by atoms with E-state index in [1.165, 1.54) is 12.3 Å². The van der Waals surface area contributed by atoms with E-state index in [4.69, 9.17) is 14.7 Å². The van der Waals surface area contributed by atoms with E-state index in [1.54, 1.807) is 12.1 Å². The average molecular weight is 295 g/mol. The van der Waals surface area contributed by atoms with Gasteiger partial charge >= 0.3 is 7.60 Å². The lowest BCUT2D eigenvalue weighted by Crippen LogP contribution is -2.16. The highest BCUT2D eigenvalue weighted by molar-refractivity contribution is 7.53. The monoisotopic (exact) mass is 295 g/mol. The van der Waals surface area contributed by atoms with Crippen LogP contribution in [0.1, 0.15) is 18.2 Å². The molecule has 4 N–H and O–H groups in total. The number of aliphatic hydroxyl groups excluding tert-OH is 1. The van der Waals surface area contributed by atoms with Crippen molar-refractivity contribution in [2.45, 2.75) is 18.2 Å². The molecule has 0 radical (unpaired) electrons. The first-order valence-electron chi connectivity index (χ1n) is 5.16. The summed E-state index contributed by atoms with van der Waals surface area (Å²) in [6, 6.07) is 4.79. The third kappa shape index (κ3) is 4.98. The second-order valence-corrected chi connectivity index (χ2v) is 6.95. The molecule has 0 saturated carbocycles. The summed E-state index contributed by atoms with van der Waals surface area (Å²) in [7, 11) is -7.54. The Morgan fingerprint density at radius 2 is 2.06 bits per heavy atom. The molecule has 0 saturated heterocycles. The van der Waals surface area contributed by atoms with Gasteiger partial charge in [0.25, 0.3) is 0 Å². The molecular weight excluding hydrogens is 280 g/mol. The van der Waals surface area contributed by atoms with E-state index in [0.717, 1.165) is 0 Å². The summed E-state index contributed by atoms with van der Waals surface area (Å²) >= 11 is 0. The van der Waals surface area contributed by atoms with Crippen molar-refractivity contribution >= 4 is 15.6 Å². The van der Waals surface area contributed by atoms with Crippen LogP contribution >= 0.6 is 15.6 Å². The standard InChI is InChI=1S/C9H15NO6P2/c11-9(8-3-1-2-4-10-8)5-7(6-17(12)13)18(14,15)16/h1-4,7,9,11,17H,5-6H2,(H,12,13)(H2,14,15,16). The second-order valence-electron chi connectivity index (χ2n) is 3.85. The van der Waals surface area contributed by atoms with E-state index in [-0.39, 0.29) is 12.1 Å². The van der Waals surface area contributed by atoms with Gasteiger partial charge in [-0.1, -0.05) is 6.07 Å². The highest BCUT2D eigenvalue weighted by Crippen LogP contribution is 2.47. The van der Waals surface area contributed by atoms with E-state index in [1.807, 2.05) is 0 Å². The summed E-state index contributed by atoms with van der Waals surface area (Å²) in [5.41, 5.74) is -1.07. The fourth-order valence-electron chi connectivity index (χ4n) is 1.49. The van der Waals surface area contributed by atoms with Gasteiger partial charge in [-0.15, -0.1) is 0 Å². The van der Waals surface area contributed by atoms with E-state index in [0.29, 0.717) is 0 Å². The Bertz CT molecular complexity index is 448. The normalized spacial score (nSPS) is 17.1. The van der Waals surface area contributed by atoms with Crippen molar-refractivity contribution in [3.63, 3.8) is 0 Å². The van der Waals surface area contributed by atoms with E-state index >= 15 is 0 Å². The highest BCUT2D eigenvalue weighted by Gasteiger charge is 2.32. The zero-order valence-electron chi connectivity index (χ0n) is 9.38. The molecule has 18 heavy (non-hydrogen) atoms. The highest BCUT2D eigenvalue weighted by atomic mass is 31.2. The van der Waals surface area contributed by atoms with Gasteiger partial charge in [0.1, 0.15) is 0 Å². The predicted octanol–water partition coefficient (Wildman–Crippen LogP) is 0.518. The minimum atomic E-state index is -4.53. The quantitative estimate of drug-likeness (QED) is 0.563. The number of hydrogen-bond donors (Lipinski definition) is 4. The molecule has 102 valence electrons. The summed E-state index contributed by atoms with van der Waals surface area (Å²) in [4.78, 5) is 30.8. The molecule has 0 aliphatic heterocycles. The fraction of sp³-hybridized carbons (Fsp3) is 0.444. The molecule has 3 atom stereocenters. The number of aromatic nitrogens is 1. The van der Waals surface area contributed by atoms with E-state index < -0.39 is 33.5 Å². The molecule has 0 spiro atoms. The largest absolute Gasteiger partial charge is 0.387 e. The predicted molar refractivity (Wildman–Crippen MR) is 65.7 cm³/mol. The zero-order chi connectivity index (χ0) is 13.8. The van der Waals surface area contributed by atoms with Crippen LogP contribution in [0.15, 0.2) is 24.4 Å². The van der Waals surface area contributed by atoms with Gasteiger partial charge < -0.3 is 19.8 Å². The molecule has 9 heteroatoms. The van der Waals surface area contributed by atoms with Crippen LogP contribution in [-0.4, -0.2) is 36.6 Å². The second kappa shape index (κ2) is 6.57. The van der Waals surface area contributed by atoms with Crippen LogP contribution in [-0.2, 0) is 9.13 Å². The van der Waals surface area contributed by atoms with Crippen molar-refractivity contribution in [2.75, 3.05) is 6.16 Å². The Labute approximate surface area is 105 Å². The maximum absolute atomic E-state index is 11.2. The van der Waals surface area contributed by atoms with Crippen LogP contribution in [0.5, 0.6) is 0 Å². The molecule has 1 heterocycles. The van der Waals surface area contributed by atoms with Crippen molar-refractivity contribution < 1.29 is 28.9 Å². The molecular formula is C9H15NO6P2. The smallest absolute Gasteiger partial charge is 0.329 e. The van der Waals surface area contributed by atoms with Crippen molar-refractivity contribution in [3.05, 3.63) is 30.1 Å². The van der Waals surface area contributed by atoms with Gasteiger partial charge in [-0.25, -0.2) is 0 Å². The van der Waals surface area contributed by atoms with Crippen LogP contribution in [0.4, 0.5) is 0 Å². The molecule has 1 aromatic heterocycles. The van der Waals surface area contributed by atoms with Gasteiger partial charge in [0.05, 0.1) is 17.5 Å². The third-order valence-corrected chi connectivity index (χ3v) is 4.94. The molecule has 0 aromatic carbocycles. The van der Waals surface area contributed by atoms with Crippen LogP contribution in [0, 0.1) is 0 Å². The summed E-state index contributed by atoms with van der Waals surface area (Å²) in [5.74, 6) is 0. The number of nitrogens with zero attached hydrogens (tertiary/aromatic N) is 1. The lowest BCUT2D eigenvalue weighted by atomic mass is 10.1. The fourth-order valence-corrected chi connectivity index (χ4v) is 3.96. The van der Waals surface area contributed by atoms with Gasteiger partial charge in [-0.2, -0.15) is 0 Å². The number of hydrogen-bond acceptors (Lipinski definition) is 4. The number of rotatable bonds is 6. The van der Waals surface area contributed by atoms with Gasteiger partial charge in [0.15, 0.2) is 8.03 Å². The summed E-state index contributed by atoms with van der Waals surface area (Å²) < 4.78 is 21.9. The zero-order valence-corrected chi connectivity index (χ0v) is 11.3. The first-order valence-corrected chi connectivity index (χ1v) is 8.41. The van der Waals surface area contributed by atoms with Crippen LogP contribution in [0.25, 0.3) is 0 Å². The van der Waals surface area contributed by atoms with Gasteiger partial charge in [-0.3, -0.25) is 14.1 Å². The first kappa shape index (κ1) is 15.5. The first-order chi connectivity index (χ1) is 8.30. The molecule has 3 unspecified atom stereocenters. The minimum absolute atomic E-state index is 0.272. The molecule has 1 rings (SSSR count). The van der Waals surface area contributed by atoms with Crippen molar-refractivity contribution in [1.82, 2.24) is 4.98 Å². The van der Waals surface area contributed by atoms with Gasteiger partial charge in [0, 0.05) is 12.4 Å². The number of aliphatic hydroxyl groups is 1. The maximum Gasteiger partial charge on any atom is 0.329 e. The van der Waals surface area contributed by atoms with Gasteiger partial charge in [-0.05, 0) is 18.6 Å². The molecule has 0 bridgehead atoms. The molecule has 7 nitrogen and oxygen atoms in total. The Balaban J connectivity index is 2.78. The number of pyridine rings is 1. The van der Waals surface area contributed by atoms with Crippen LogP contribution < -0.4 is 0 Å². The van der Waals surface area contributed by atoms with Crippen LogP contribution in [0.2, 0.25) is 0 Å². The molecule has 0 aliphatic rings. The Kier molecular flexibility index (Phi) is 5.66. The lowest BCUT2D eigenvalue weighted by molar-refractivity contribution is 0.159. The van der Waals surface area contributed by atoms with E-state index in [2.05, 4.69) is 4.98 Å². The Morgan fingerprint density at radius 3 is 2.50 bits per heavy atom. The SMILES string of the molecule is O=[PH](O)CC(CC(O)c1ccccn1)P(=O)(O)O. The topological polar surface area (TPSA) is 128 Å². The summed E-state index contributed by atoms with van der Waals surface area (Å²) in [6.45, 7) is 0.